The second-order valence-corrected chi connectivity index (χ2v) is 5.76. The average Bonchev–Trinajstić information content (AvgIpc) is 2.73. The average molecular weight is 241 g/mol. The third-order valence-corrected chi connectivity index (χ3v) is 4.51. The normalized spacial score (nSPS) is 29.1. The van der Waals surface area contributed by atoms with Crippen LogP contribution in [0.5, 0.6) is 0 Å². The van der Waals surface area contributed by atoms with Gasteiger partial charge in [0.2, 0.25) is 0 Å². The summed E-state index contributed by atoms with van der Waals surface area (Å²) in [6, 6.07) is 0.529. The smallest absolute Gasteiger partial charge is 0.157 e. The topological polar surface area (TPSA) is 37.3 Å². The second kappa shape index (κ2) is 4.99. The van der Waals surface area contributed by atoms with Crippen LogP contribution in [-0.2, 0) is 6.54 Å². The molecular weight excluding hydrogens is 226 g/mol. The fraction of sp³-hybridized carbons (Fsp3) is 0.600. The van der Waals surface area contributed by atoms with Crippen LogP contribution in [0.25, 0.3) is 0 Å². The number of nitrogens with zero attached hydrogens (tertiary/aromatic N) is 2. The molecule has 2 atom stereocenters. The van der Waals surface area contributed by atoms with Crippen LogP contribution < -0.4 is 5.32 Å². The van der Waals surface area contributed by atoms with Crippen LogP contribution in [0.15, 0.2) is 16.6 Å². The first-order valence-corrected chi connectivity index (χ1v) is 6.94. The Balaban J connectivity index is 1.91. The minimum atomic E-state index is 0.529. The first kappa shape index (κ1) is 11.0. The molecule has 5 heteroatoms. The van der Waals surface area contributed by atoms with E-state index < -0.39 is 0 Å². The molecule has 1 aliphatic heterocycles. The van der Waals surface area contributed by atoms with Crippen molar-refractivity contribution in [1.29, 1.82) is 0 Å². The Bertz CT molecular complexity index is 334. The minimum Gasteiger partial charge on any atom is -0.362 e. The number of aromatic nitrogens is 1. The van der Waals surface area contributed by atoms with E-state index in [1.54, 1.807) is 11.3 Å². The van der Waals surface area contributed by atoms with Crippen LogP contribution in [0.2, 0.25) is 0 Å². The monoisotopic (exact) mass is 241 g/mol. The maximum absolute atomic E-state index is 4.53. The molecule has 15 heavy (non-hydrogen) atoms. The van der Waals surface area contributed by atoms with Gasteiger partial charge in [0, 0.05) is 23.4 Å². The van der Waals surface area contributed by atoms with Gasteiger partial charge in [-0.1, -0.05) is 18.7 Å². The number of hydrogen-bond acceptors (Lipinski definition) is 4. The van der Waals surface area contributed by atoms with Gasteiger partial charge >= 0.3 is 0 Å². The van der Waals surface area contributed by atoms with Gasteiger partial charge in [-0.2, -0.15) is 0 Å². The molecule has 1 aromatic heterocycles. The number of thioether (sulfide) groups is 1. The predicted molar refractivity (Wildman–Crippen MR) is 67.5 cm³/mol. The molecule has 0 radical (unpaired) electrons. The molecule has 1 saturated heterocycles. The molecule has 1 aliphatic rings. The van der Waals surface area contributed by atoms with E-state index in [4.69, 9.17) is 0 Å². The lowest BCUT2D eigenvalue weighted by Gasteiger charge is -2.28. The fourth-order valence-electron chi connectivity index (χ4n) is 1.30. The van der Waals surface area contributed by atoms with Gasteiger partial charge in [0.05, 0.1) is 6.54 Å². The molecule has 0 bridgehead atoms. The van der Waals surface area contributed by atoms with Gasteiger partial charge in [-0.25, -0.2) is 4.98 Å². The van der Waals surface area contributed by atoms with Crippen LogP contribution in [-0.4, -0.2) is 21.9 Å². The van der Waals surface area contributed by atoms with Crippen LogP contribution in [0.3, 0.4) is 0 Å². The summed E-state index contributed by atoms with van der Waals surface area (Å²) in [5.41, 5.74) is 0. The Morgan fingerprint density at radius 1 is 1.60 bits per heavy atom. The molecule has 2 heterocycles. The van der Waals surface area contributed by atoms with Crippen molar-refractivity contribution < 1.29 is 0 Å². The third-order valence-electron chi connectivity index (χ3n) is 2.53. The number of aliphatic imine (C=N–C) groups is 1. The Hall–Kier alpha value is -0.550. The summed E-state index contributed by atoms with van der Waals surface area (Å²) in [6.07, 6.45) is 1.83. The summed E-state index contributed by atoms with van der Waals surface area (Å²) in [7, 11) is 0. The SMILES string of the molecule is CC1CSC(=NCc2nccs2)NC1C. The second-order valence-electron chi connectivity index (χ2n) is 3.77. The largest absolute Gasteiger partial charge is 0.362 e. The molecule has 3 nitrogen and oxygen atoms in total. The first-order chi connectivity index (χ1) is 7.25. The van der Waals surface area contributed by atoms with E-state index in [1.165, 1.54) is 0 Å². The van der Waals surface area contributed by atoms with Crippen molar-refractivity contribution >= 4 is 28.3 Å². The zero-order chi connectivity index (χ0) is 10.7. The standard InChI is InChI=1S/C10H15N3S2/c1-7-6-15-10(13-8(7)2)12-5-9-11-3-4-14-9/h3-4,7-8H,5-6H2,1-2H3,(H,12,13). The lowest BCUT2D eigenvalue weighted by molar-refractivity contribution is 0.490. The first-order valence-electron chi connectivity index (χ1n) is 5.08. The van der Waals surface area contributed by atoms with E-state index in [-0.39, 0.29) is 0 Å². The predicted octanol–water partition coefficient (Wildman–Crippen LogP) is 2.36. The van der Waals surface area contributed by atoms with E-state index in [9.17, 15) is 0 Å². The summed E-state index contributed by atoms with van der Waals surface area (Å²) in [5, 5.41) is 7.55. The lowest BCUT2D eigenvalue weighted by Crippen LogP contribution is -2.41. The van der Waals surface area contributed by atoms with Gasteiger partial charge in [-0.3, -0.25) is 4.99 Å². The van der Waals surface area contributed by atoms with Gasteiger partial charge in [0.25, 0.3) is 0 Å². The number of thiazole rings is 1. The van der Waals surface area contributed by atoms with Crippen molar-refractivity contribution in [2.24, 2.45) is 10.9 Å². The van der Waals surface area contributed by atoms with Crippen LogP contribution in [0, 0.1) is 5.92 Å². The Morgan fingerprint density at radius 2 is 2.47 bits per heavy atom. The van der Waals surface area contributed by atoms with Gasteiger partial charge in [0.15, 0.2) is 5.17 Å². The summed E-state index contributed by atoms with van der Waals surface area (Å²) >= 11 is 3.47. The van der Waals surface area contributed by atoms with E-state index in [1.807, 2.05) is 23.3 Å². The van der Waals surface area contributed by atoms with E-state index in [0.717, 1.165) is 15.9 Å². The van der Waals surface area contributed by atoms with Gasteiger partial charge in [-0.15, -0.1) is 11.3 Å². The van der Waals surface area contributed by atoms with Crippen LogP contribution in [0.1, 0.15) is 18.9 Å². The van der Waals surface area contributed by atoms with Crippen LogP contribution in [0.4, 0.5) is 0 Å². The maximum Gasteiger partial charge on any atom is 0.157 e. The van der Waals surface area contributed by atoms with Gasteiger partial charge < -0.3 is 5.32 Å². The molecule has 1 N–H and O–H groups in total. The molecule has 0 amide bonds. The lowest BCUT2D eigenvalue weighted by atomic mass is 10.1. The maximum atomic E-state index is 4.53. The molecule has 2 rings (SSSR count). The highest BCUT2D eigenvalue weighted by Crippen LogP contribution is 2.19. The Morgan fingerprint density at radius 3 is 3.13 bits per heavy atom. The highest BCUT2D eigenvalue weighted by atomic mass is 32.2. The quantitative estimate of drug-likeness (QED) is 0.863. The van der Waals surface area contributed by atoms with Gasteiger partial charge in [-0.05, 0) is 12.8 Å². The Labute approximate surface area is 98.4 Å². The molecule has 0 spiro atoms. The molecule has 2 unspecified atom stereocenters. The molecule has 82 valence electrons. The number of rotatable bonds is 2. The molecule has 0 saturated carbocycles. The van der Waals surface area contributed by atoms with Gasteiger partial charge in [0.1, 0.15) is 5.01 Å². The molecule has 1 fully saturated rings. The molecule has 0 aliphatic carbocycles. The highest BCUT2D eigenvalue weighted by molar-refractivity contribution is 8.13. The van der Waals surface area contributed by atoms with Crippen molar-refractivity contribution in [3.05, 3.63) is 16.6 Å². The summed E-state index contributed by atoms with van der Waals surface area (Å²) in [4.78, 5) is 8.74. The number of hydrogen-bond donors (Lipinski definition) is 1. The van der Waals surface area contributed by atoms with E-state index >= 15 is 0 Å². The number of amidine groups is 1. The van der Waals surface area contributed by atoms with Crippen molar-refractivity contribution in [1.82, 2.24) is 10.3 Å². The number of nitrogens with one attached hydrogen (secondary N) is 1. The highest BCUT2D eigenvalue weighted by Gasteiger charge is 2.20. The van der Waals surface area contributed by atoms with Crippen molar-refractivity contribution in [3.63, 3.8) is 0 Å². The van der Waals surface area contributed by atoms with Crippen molar-refractivity contribution in [3.8, 4) is 0 Å². The van der Waals surface area contributed by atoms with Crippen LogP contribution >= 0.6 is 23.1 Å². The molecular formula is C10H15N3S2. The summed E-state index contributed by atoms with van der Waals surface area (Å²) in [6.45, 7) is 5.18. The van der Waals surface area contributed by atoms with Crippen molar-refractivity contribution in [2.75, 3.05) is 5.75 Å². The molecule has 1 aromatic rings. The minimum absolute atomic E-state index is 0.529. The fourth-order valence-corrected chi connectivity index (χ4v) is 2.97. The third kappa shape index (κ3) is 2.95. The molecule has 0 aromatic carbocycles. The van der Waals surface area contributed by atoms with E-state index in [2.05, 4.69) is 29.1 Å². The summed E-state index contributed by atoms with van der Waals surface area (Å²) in [5.74, 6) is 1.87. The Kier molecular flexibility index (Phi) is 3.64. The van der Waals surface area contributed by atoms with Crippen molar-refractivity contribution in [2.45, 2.75) is 26.4 Å². The van der Waals surface area contributed by atoms with E-state index in [0.29, 0.717) is 18.5 Å². The zero-order valence-corrected chi connectivity index (χ0v) is 10.6. The summed E-state index contributed by atoms with van der Waals surface area (Å²) < 4.78 is 0. The zero-order valence-electron chi connectivity index (χ0n) is 8.93.